The van der Waals surface area contributed by atoms with Crippen LogP contribution in [0.4, 0.5) is 0 Å². The van der Waals surface area contributed by atoms with Crippen molar-refractivity contribution in [1.82, 2.24) is 0 Å². The summed E-state index contributed by atoms with van der Waals surface area (Å²) in [6.45, 7) is 0. The summed E-state index contributed by atoms with van der Waals surface area (Å²) in [5.74, 6) is 0. The smallest absolute Gasteiger partial charge is 0.0724 e. The lowest BCUT2D eigenvalue weighted by Gasteiger charge is -1.91. The first-order valence-corrected chi connectivity index (χ1v) is 5.06. The third-order valence-corrected chi connectivity index (χ3v) is 3.76. The van der Waals surface area contributed by atoms with Crippen LogP contribution in [0.1, 0.15) is 0 Å². The third-order valence-electron chi connectivity index (χ3n) is 1.66. The van der Waals surface area contributed by atoms with Gasteiger partial charge in [0.25, 0.3) is 0 Å². The van der Waals surface area contributed by atoms with Gasteiger partial charge in [0.15, 0.2) is 0 Å². The molecule has 2 aromatic rings. The van der Waals surface area contributed by atoms with Gasteiger partial charge in [0.2, 0.25) is 0 Å². The van der Waals surface area contributed by atoms with Crippen LogP contribution in [0.15, 0.2) is 47.8 Å². The molecule has 0 unspecified atom stereocenters. The Kier molecular flexibility index (Phi) is 1.36. The fraction of sp³-hybridized carbons (Fsp3) is 0. The van der Waals surface area contributed by atoms with E-state index in [1.54, 1.807) is 0 Å². The summed E-state index contributed by atoms with van der Waals surface area (Å²) in [7, 11) is -0.408. The van der Waals surface area contributed by atoms with E-state index in [1.165, 1.54) is 5.00 Å². The number of rotatable bonds is 0. The maximum Gasteiger partial charge on any atom is 0.0724 e. The molecule has 0 saturated carbocycles. The zero-order chi connectivity index (χ0) is 6.81. The maximum atomic E-state index is 2.31. The number of fused-ring (bicyclic) bond motifs is 1. The summed E-state index contributed by atoms with van der Waals surface area (Å²) in [6, 6.07) is 12.9. The van der Waals surface area contributed by atoms with Crippen LogP contribution < -0.4 is 0 Å². The Balaban J connectivity index is 2.89. The molecule has 0 aliphatic rings. The highest BCUT2D eigenvalue weighted by Crippen LogP contribution is 1.99. The van der Waals surface area contributed by atoms with E-state index in [4.69, 9.17) is 0 Å². The summed E-state index contributed by atoms with van der Waals surface area (Å²) in [6.07, 6.45) is 0. The Labute approximate surface area is 61.6 Å². The molecule has 0 spiro atoms. The predicted octanol–water partition coefficient (Wildman–Crippen LogP) is 2.16. The van der Waals surface area contributed by atoms with Crippen LogP contribution in [0.2, 0.25) is 0 Å². The van der Waals surface area contributed by atoms with E-state index in [0.29, 0.717) is 0 Å². The van der Waals surface area contributed by atoms with Crippen molar-refractivity contribution < 1.29 is 0 Å². The second-order valence-corrected chi connectivity index (χ2v) is 4.50. The van der Waals surface area contributed by atoms with E-state index in [0.717, 1.165) is 0 Å². The molecule has 48 valence electrons. The fourth-order valence-electron chi connectivity index (χ4n) is 1.13. The second-order valence-electron chi connectivity index (χ2n) is 2.35. The molecule has 2 rings (SSSR count). The van der Waals surface area contributed by atoms with Crippen LogP contribution in [0.3, 0.4) is 0 Å². The van der Waals surface area contributed by atoms with E-state index in [1.807, 2.05) is 0 Å². The molecular weight excluding hydrogens is 136 g/mol. The standard InChI is InChI=1S/C9H8Si/c1-3-7-10-8-4-2-6-9(10)5-1/h1-8H. The van der Waals surface area contributed by atoms with Crippen LogP contribution in [-0.2, 0) is 0 Å². The van der Waals surface area contributed by atoms with E-state index >= 15 is 0 Å². The minimum absolute atomic E-state index is 0.408. The quantitative estimate of drug-likeness (QED) is 0.497. The third kappa shape index (κ3) is 0.887. The van der Waals surface area contributed by atoms with Crippen molar-refractivity contribution in [2.75, 3.05) is 0 Å². The Bertz CT molecular complexity index is 276. The first-order valence-electron chi connectivity index (χ1n) is 3.40. The van der Waals surface area contributed by atoms with E-state index < -0.39 is 8.20 Å². The van der Waals surface area contributed by atoms with Crippen LogP contribution in [0, 0.1) is 0 Å². The Morgan fingerprint density at radius 1 is 0.800 bits per heavy atom. The van der Waals surface area contributed by atoms with Gasteiger partial charge in [0.05, 0.1) is 8.20 Å². The number of hydrogen-bond acceptors (Lipinski definition) is 0. The largest absolute Gasteiger partial charge is 0.0736 e. The molecule has 2 aromatic heterocycles. The van der Waals surface area contributed by atoms with Gasteiger partial charge in [-0.25, -0.2) is 0 Å². The van der Waals surface area contributed by atoms with Gasteiger partial charge < -0.3 is 0 Å². The lowest BCUT2D eigenvalue weighted by Crippen LogP contribution is -1.84. The molecule has 0 nitrogen and oxygen atoms in total. The number of hydrogen-bond donors (Lipinski definition) is 0. The molecular formula is C9H8Si. The van der Waals surface area contributed by atoms with Gasteiger partial charge >= 0.3 is 0 Å². The highest BCUT2D eigenvalue weighted by molar-refractivity contribution is 6.58. The monoisotopic (exact) mass is 144 g/mol. The lowest BCUT2D eigenvalue weighted by molar-refractivity contribution is 1.82. The molecule has 0 atom stereocenters. The lowest BCUT2D eigenvalue weighted by atomic mass is 10.4. The zero-order valence-corrected chi connectivity index (χ0v) is 6.62. The highest BCUT2D eigenvalue weighted by Gasteiger charge is 1.86. The van der Waals surface area contributed by atoms with Gasteiger partial charge in [-0.1, -0.05) is 47.8 Å². The van der Waals surface area contributed by atoms with Crippen molar-refractivity contribution in [2.24, 2.45) is 0 Å². The molecule has 0 aliphatic carbocycles. The average molecular weight is 144 g/mol. The Morgan fingerprint density at radius 3 is 1.90 bits per heavy atom. The first-order chi connectivity index (χ1) is 4.97. The van der Waals surface area contributed by atoms with Crippen LogP contribution >= 0.6 is 0 Å². The van der Waals surface area contributed by atoms with Gasteiger partial charge in [-0.3, -0.25) is 0 Å². The molecule has 10 heavy (non-hydrogen) atoms. The van der Waals surface area contributed by atoms with Gasteiger partial charge in [-0.2, -0.15) is 0 Å². The first kappa shape index (κ1) is 5.80. The molecule has 2 heterocycles. The van der Waals surface area contributed by atoms with E-state index in [2.05, 4.69) is 47.8 Å². The van der Waals surface area contributed by atoms with Gasteiger partial charge in [0.1, 0.15) is 0 Å². The maximum absolute atomic E-state index is 2.31. The molecule has 0 amide bonds. The summed E-state index contributed by atoms with van der Waals surface area (Å²) in [5.41, 5.74) is 4.61. The topological polar surface area (TPSA) is 0 Å². The van der Waals surface area contributed by atoms with Crippen LogP contribution in [-0.4, -0.2) is 8.20 Å². The minimum Gasteiger partial charge on any atom is -0.0736 e. The molecule has 0 bridgehead atoms. The molecule has 0 aromatic carbocycles. The average Bonchev–Trinajstić information content (AvgIpc) is 2.05. The molecule has 0 radical (unpaired) electrons. The van der Waals surface area contributed by atoms with Gasteiger partial charge in [-0.05, 0) is 5.00 Å². The van der Waals surface area contributed by atoms with Crippen molar-refractivity contribution in [3.63, 3.8) is 0 Å². The molecule has 0 saturated heterocycles. The van der Waals surface area contributed by atoms with E-state index in [9.17, 15) is 0 Å². The fourth-order valence-corrected chi connectivity index (χ4v) is 2.84. The summed E-state index contributed by atoms with van der Waals surface area (Å²) in [5, 5.41) is 0. The van der Waals surface area contributed by atoms with Crippen LogP contribution in [0.5, 0.6) is 0 Å². The zero-order valence-electron chi connectivity index (χ0n) is 5.62. The SMILES string of the molecule is c1cc[si]2ccccc2c1. The van der Waals surface area contributed by atoms with Crippen molar-refractivity contribution in [3.8, 4) is 0 Å². The minimum atomic E-state index is -0.408. The van der Waals surface area contributed by atoms with Gasteiger partial charge in [0, 0.05) is 0 Å². The predicted molar refractivity (Wildman–Crippen MR) is 45.4 cm³/mol. The summed E-state index contributed by atoms with van der Waals surface area (Å²) >= 11 is 0. The summed E-state index contributed by atoms with van der Waals surface area (Å²) < 4.78 is 0. The van der Waals surface area contributed by atoms with Crippen molar-refractivity contribution in [1.29, 1.82) is 0 Å². The van der Waals surface area contributed by atoms with Gasteiger partial charge in [-0.15, -0.1) is 0 Å². The molecule has 0 N–H and O–H groups in total. The summed E-state index contributed by atoms with van der Waals surface area (Å²) in [4.78, 5) is 1.50. The molecule has 0 aliphatic heterocycles. The van der Waals surface area contributed by atoms with Crippen molar-refractivity contribution in [2.45, 2.75) is 0 Å². The molecule has 1 heteroatoms. The molecule has 0 fully saturated rings. The van der Waals surface area contributed by atoms with Crippen LogP contribution in [0.25, 0.3) is 5.00 Å². The van der Waals surface area contributed by atoms with E-state index in [-0.39, 0.29) is 0 Å². The Hall–Kier alpha value is -0.953. The second kappa shape index (κ2) is 2.35. The van der Waals surface area contributed by atoms with Crippen molar-refractivity contribution in [3.05, 3.63) is 47.8 Å². The van der Waals surface area contributed by atoms with Crippen molar-refractivity contribution >= 4 is 13.2 Å². The normalized spacial score (nSPS) is 10.0. The Morgan fingerprint density at radius 2 is 1.40 bits per heavy atom. The highest BCUT2D eigenvalue weighted by atomic mass is 28.2.